The quantitative estimate of drug-likeness (QED) is 0.560. The summed E-state index contributed by atoms with van der Waals surface area (Å²) in [5.74, 6) is -0.440. The summed E-state index contributed by atoms with van der Waals surface area (Å²) in [6.07, 6.45) is 2.63. The van der Waals surface area contributed by atoms with E-state index in [0.29, 0.717) is 12.3 Å². The standard InChI is InChI=1S/C13H17NO3/c1-3-10-6-5-9-14-13(10)11(15)7-8-12(16)17-4-2/h5-6,9H,3-4,7-8H2,1-2H3. The molecule has 0 saturated heterocycles. The van der Waals surface area contributed by atoms with Crippen LogP contribution in [0, 0.1) is 0 Å². The number of esters is 1. The fourth-order valence-corrected chi connectivity index (χ4v) is 1.54. The predicted octanol–water partition coefficient (Wildman–Crippen LogP) is 2.17. The molecule has 1 rings (SSSR count). The lowest BCUT2D eigenvalue weighted by Crippen LogP contribution is -2.10. The van der Waals surface area contributed by atoms with Crippen LogP contribution in [0.2, 0.25) is 0 Å². The summed E-state index contributed by atoms with van der Waals surface area (Å²) < 4.78 is 4.77. The molecule has 0 saturated carbocycles. The Morgan fingerprint density at radius 1 is 1.29 bits per heavy atom. The van der Waals surface area contributed by atoms with Gasteiger partial charge in [-0.2, -0.15) is 0 Å². The van der Waals surface area contributed by atoms with Crippen molar-refractivity contribution in [3.63, 3.8) is 0 Å². The van der Waals surface area contributed by atoms with Crippen molar-refractivity contribution in [3.05, 3.63) is 29.6 Å². The topological polar surface area (TPSA) is 56.3 Å². The molecule has 0 amide bonds. The third-order valence-electron chi connectivity index (χ3n) is 2.40. The van der Waals surface area contributed by atoms with Crippen LogP contribution >= 0.6 is 0 Å². The van der Waals surface area contributed by atoms with Crippen molar-refractivity contribution < 1.29 is 14.3 Å². The maximum atomic E-state index is 11.9. The zero-order valence-electron chi connectivity index (χ0n) is 10.2. The molecule has 0 aromatic carbocycles. The van der Waals surface area contributed by atoms with E-state index in [0.717, 1.165) is 12.0 Å². The Bertz CT molecular complexity index is 401. The van der Waals surface area contributed by atoms with Gasteiger partial charge in [0.05, 0.1) is 13.0 Å². The smallest absolute Gasteiger partial charge is 0.306 e. The first-order valence-corrected chi connectivity index (χ1v) is 5.81. The Morgan fingerprint density at radius 3 is 2.71 bits per heavy atom. The van der Waals surface area contributed by atoms with Crippen LogP contribution in [-0.4, -0.2) is 23.3 Å². The molecule has 1 heterocycles. The lowest BCUT2D eigenvalue weighted by molar-refractivity contribution is -0.143. The molecule has 4 nitrogen and oxygen atoms in total. The lowest BCUT2D eigenvalue weighted by Gasteiger charge is -2.05. The number of ketones is 1. The summed E-state index contributed by atoms with van der Waals surface area (Å²) in [4.78, 5) is 27.1. The van der Waals surface area contributed by atoms with Crippen molar-refractivity contribution in [2.24, 2.45) is 0 Å². The van der Waals surface area contributed by atoms with Crippen molar-refractivity contribution >= 4 is 11.8 Å². The Hall–Kier alpha value is -1.71. The van der Waals surface area contributed by atoms with E-state index in [1.165, 1.54) is 0 Å². The zero-order valence-corrected chi connectivity index (χ0v) is 10.2. The summed E-state index contributed by atoms with van der Waals surface area (Å²) in [7, 11) is 0. The molecule has 0 atom stereocenters. The van der Waals surface area contributed by atoms with Gasteiger partial charge in [-0.1, -0.05) is 13.0 Å². The van der Waals surface area contributed by atoms with Gasteiger partial charge < -0.3 is 4.74 Å². The van der Waals surface area contributed by atoms with Crippen LogP contribution in [-0.2, 0) is 16.0 Å². The van der Waals surface area contributed by atoms with Gasteiger partial charge >= 0.3 is 5.97 Å². The highest BCUT2D eigenvalue weighted by Crippen LogP contribution is 2.10. The summed E-state index contributed by atoms with van der Waals surface area (Å²) in [6.45, 7) is 4.06. The van der Waals surface area contributed by atoms with Crippen LogP contribution in [0.3, 0.4) is 0 Å². The fourth-order valence-electron chi connectivity index (χ4n) is 1.54. The summed E-state index contributed by atoms with van der Waals surface area (Å²) in [5.41, 5.74) is 1.39. The minimum atomic E-state index is -0.338. The minimum absolute atomic E-state index is 0.101. The van der Waals surface area contributed by atoms with Gasteiger partial charge in [-0.3, -0.25) is 14.6 Å². The van der Waals surface area contributed by atoms with Gasteiger partial charge in [0.1, 0.15) is 5.69 Å². The third-order valence-corrected chi connectivity index (χ3v) is 2.40. The maximum Gasteiger partial charge on any atom is 0.306 e. The summed E-state index contributed by atoms with van der Waals surface area (Å²) >= 11 is 0. The summed E-state index contributed by atoms with van der Waals surface area (Å²) in [5, 5.41) is 0. The molecule has 0 radical (unpaired) electrons. The molecule has 1 aromatic rings. The number of nitrogens with zero attached hydrogens (tertiary/aromatic N) is 1. The van der Waals surface area contributed by atoms with E-state index in [-0.39, 0.29) is 24.6 Å². The number of aromatic nitrogens is 1. The average molecular weight is 235 g/mol. The number of carbonyl (C=O) groups excluding carboxylic acids is 2. The van der Waals surface area contributed by atoms with E-state index < -0.39 is 0 Å². The van der Waals surface area contributed by atoms with E-state index in [1.54, 1.807) is 19.2 Å². The number of hydrogen-bond donors (Lipinski definition) is 0. The van der Waals surface area contributed by atoms with Gasteiger partial charge in [0, 0.05) is 12.6 Å². The molecule has 0 aliphatic heterocycles. The average Bonchev–Trinajstić information content (AvgIpc) is 2.36. The lowest BCUT2D eigenvalue weighted by atomic mass is 10.1. The van der Waals surface area contributed by atoms with E-state index in [1.807, 2.05) is 13.0 Å². The molecular weight excluding hydrogens is 218 g/mol. The number of hydrogen-bond acceptors (Lipinski definition) is 4. The summed E-state index contributed by atoms with van der Waals surface area (Å²) in [6, 6.07) is 3.69. The molecule has 0 aliphatic carbocycles. The van der Waals surface area contributed by atoms with Crippen LogP contribution in [0.4, 0.5) is 0 Å². The number of aryl methyl sites for hydroxylation is 1. The van der Waals surface area contributed by atoms with Crippen molar-refractivity contribution in [3.8, 4) is 0 Å². The molecule has 92 valence electrons. The minimum Gasteiger partial charge on any atom is -0.466 e. The monoisotopic (exact) mass is 235 g/mol. The number of carbonyl (C=O) groups is 2. The second kappa shape index (κ2) is 6.78. The molecule has 0 bridgehead atoms. The predicted molar refractivity (Wildman–Crippen MR) is 63.8 cm³/mol. The largest absolute Gasteiger partial charge is 0.466 e. The molecular formula is C13H17NO3. The van der Waals surface area contributed by atoms with Crippen molar-refractivity contribution in [1.29, 1.82) is 0 Å². The first-order valence-electron chi connectivity index (χ1n) is 5.81. The molecule has 0 aliphatic rings. The highest BCUT2D eigenvalue weighted by Gasteiger charge is 2.13. The zero-order chi connectivity index (χ0) is 12.7. The van der Waals surface area contributed by atoms with Crippen LogP contribution in [0.15, 0.2) is 18.3 Å². The van der Waals surface area contributed by atoms with Crippen molar-refractivity contribution in [2.45, 2.75) is 33.1 Å². The van der Waals surface area contributed by atoms with Crippen LogP contribution in [0.1, 0.15) is 42.7 Å². The highest BCUT2D eigenvalue weighted by molar-refractivity contribution is 5.97. The second-order valence-electron chi connectivity index (χ2n) is 3.59. The Kier molecular flexibility index (Phi) is 5.33. The number of Topliss-reactive ketones (excluding diaryl/α,β-unsaturated/α-hetero) is 1. The molecule has 4 heteroatoms. The Balaban J connectivity index is 2.61. The van der Waals surface area contributed by atoms with Crippen LogP contribution in [0.25, 0.3) is 0 Å². The van der Waals surface area contributed by atoms with Gasteiger partial charge in [-0.05, 0) is 25.0 Å². The Morgan fingerprint density at radius 2 is 2.06 bits per heavy atom. The number of ether oxygens (including phenoxy) is 1. The van der Waals surface area contributed by atoms with E-state index in [9.17, 15) is 9.59 Å². The number of pyridine rings is 1. The van der Waals surface area contributed by atoms with Crippen molar-refractivity contribution in [1.82, 2.24) is 4.98 Å². The van der Waals surface area contributed by atoms with Gasteiger partial charge in [0.15, 0.2) is 5.78 Å². The SMILES string of the molecule is CCOC(=O)CCC(=O)c1ncccc1CC. The Labute approximate surface area is 101 Å². The third kappa shape index (κ3) is 3.98. The van der Waals surface area contributed by atoms with E-state index in [4.69, 9.17) is 4.74 Å². The normalized spacial score (nSPS) is 10.0. The number of rotatable bonds is 6. The highest BCUT2D eigenvalue weighted by atomic mass is 16.5. The molecule has 0 fully saturated rings. The van der Waals surface area contributed by atoms with Gasteiger partial charge in [-0.25, -0.2) is 0 Å². The van der Waals surface area contributed by atoms with Gasteiger partial charge in [-0.15, -0.1) is 0 Å². The first-order chi connectivity index (χ1) is 8.19. The van der Waals surface area contributed by atoms with Gasteiger partial charge in [0.2, 0.25) is 0 Å². The van der Waals surface area contributed by atoms with Crippen LogP contribution in [0.5, 0.6) is 0 Å². The van der Waals surface area contributed by atoms with E-state index >= 15 is 0 Å². The molecule has 0 unspecified atom stereocenters. The molecule has 0 N–H and O–H groups in total. The second-order valence-corrected chi connectivity index (χ2v) is 3.59. The van der Waals surface area contributed by atoms with Gasteiger partial charge in [0.25, 0.3) is 0 Å². The molecule has 1 aromatic heterocycles. The molecule has 17 heavy (non-hydrogen) atoms. The van der Waals surface area contributed by atoms with E-state index in [2.05, 4.69) is 4.98 Å². The molecule has 0 spiro atoms. The fraction of sp³-hybridized carbons (Fsp3) is 0.462. The van der Waals surface area contributed by atoms with Crippen molar-refractivity contribution in [2.75, 3.05) is 6.61 Å². The maximum absolute atomic E-state index is 11.9. The van der Waals surface area contributed by atoms with Crippen LogP contribution < -0.4 is 0 Å². The first kappa shape index (κ1) is 13.4.